The molecule has 162 valence electrons. The minimum atomic E-state index is -0.832. The van der Waals surface area contributed by atoms with Crippen molar-refractivity contribution >= 4 is 17.2 Å². The first-order valence-electron chi connectivity index (χ1n) is 9.93. The van der Waals surface area contributed by atoms with Crippen LogP contribution in [0.2, 0.25) is 0 Å². The zero-order valence-electron chi connectivity index (χ0n) is 17.2. The van der Waals surface area contributed by atoms with Crippen molar-refractivity contribution in [2.75, 3.05) is 6.54 Å². The van der Waals surface area contributed by atoms with E-state index in [0.717, 1.165) is 15.1 Å². The fraction of sp³-hybridized carbons (Fsp3) is 0.182. The van der Waals surface area contributed by atoms with Gasteiger partial charge in [-0.2, -0.15) is 10.2 Å². The van der Waals surface area contributed by atoms with Crippen LogP contribution in [0.25, 0.3) is 21.8 Å². The van der Waals surface area contributed by atoms with E-state index in [1.165, 1.54) is 28.2 Å². The highest BCUT2D eigenvalue weighted by Crippen LogP contribution is 2.21. The summed E-state index contributed by atoms with van der Waals surface area (Å²) in [6, 6.07) is 12.7. The third-order valence-electron chi connectivity index (χ3n) is 4.79. The summed E-state index contributed by atoms with van der Waals surface area (Å²) in [5.41, 5.74) is 1.34. The first kappa shape index (κ1) is 21.3. The molecule has 1 unspecified atom stereocenters. The van der Waals surface area contributed by atoms with E-state index >= 15 is 0 Å². The standard InChI is InChI=1S/C22H20N6O3S/c1-15(28-21(30)9-6-17(26-28)16-4-2-10-23-14-16)22(31)24-11-12-27-20(29)8-7-18(25-27)19-5-3-13-32-19/h2-10,13-15H,11-12H2,1H3,(H,24,31). The number of thiophene rings is 1. The molecule has 0 spiro atoms. The molecule has 0 aliphatic heterocycles. The highest BCUT2D eigenvalue weighted by atomic mass is 32.1. The quantitative estimate of drug-likeness (QED) is 0.463. The highest BCUT2D eigenvalue weighted by molar-refractivity contribution is 7.13. The van der Waals surface area contributed by atoms with Crippen LogP contribution in [-0.4, -0.2) is 37.0 Å². The first-order valence-corrected chi connectivity index (χ1v) is 10.8. The Bertz CT molecular complexity index is 1330. The number of rotatable bonds is 7. The number of carbonyl (C=O) groups is 1. The van der Waals surface area contributed by atoms with Gasteiger partial charge in [-0.15, -0.1) is 11.3 Å². The molecule has 0 bridgehead atoms. The molecule has 4 rings (SSSR count). The lowest BCUT2D eigenvalue weighted by Gasteiger charge is -2.15. The van der Waals surface area contributed by atoms with Crippen LogP contribution in [0.5, 0.6) is 0 Å². The number of hydrogen-bond donors (Lipinski definition) is 1. The van der Waals surface area contributed by atoms with E-state index in [1.54, 1.807) is 37.5 Å². The number of hydrogen-bond acceptors (Lipinski definition) is 7. The second-order valence-electron chi connectivity index (χ2n) is 6.97. The Morgan fingerprint density at radius 1 is 1.03 bits per heavy atom. The Hall–Kier alpha value is -3.92. The van der Waals surface area contributed by atoms with Gasteiger partial charge in [0.15, 0.2) is 0 Å². The molecular weight excluding hydrogens is 428 g/mol. The van der Waals surface area contributed by atoms with Gasteiger partial charge in [0.2, 0.25) is 5.91 Å². The van der Waals surface area contributed by atoms with Gasteiger partial charge in [-0.25, -0.2) is 9.36 Å². The van der Waals surface area contributed by atoms with E-state index in [4.69, 9.17) is 0 Å². The van der Waals surface area contributed by atoms with Gasteiger partial charge in [-0.05, 0) is 42.6 Å². The fourth-order valence-electron chi connectivity index (χ4n) is 3.08. The zero-order chi connectivity index (χ0) is 22.5. The molecule has 32 heavy (non-hydrogen) atoms. The molecular formula is C22H20N6O3S. The van der Waals surface area contributed by atoms with E-state index in [0.29, 0.717) is 11.4 Å². The number of nitrogens with one attached hydrogen (secondary N) is 1. The largest absolute Gasteiger partial charge is 0.352 e. The van der Waals surface area contributed by atoms with Crippen LogP contribution in [0, 0.1) is 0 Å². The van der Waals surface area contributed by atoms with Crippen LogP contribution in [0.15, 0.2) is 75.9 Å². The Morgan fingerprint density at radius 3 is 2.59 bits per heavy atom. The summed E-state index contributed by atoms with van der Waals surface area (Å²) in [6.45, 7) is 1.98. The second-order valence-corrected chi connectivity index (χ2v) is 7.92. The van der Waals surface area contributed by atoms with E-state index in [-0.39, 0.29) is 30.1 Å². The van der Waals surface area contributed by atoms with Gasteiger partial charge in [0.1, 0.15) is 11.7 Å². The fourth-order valence-corrected chi connectivity index (χ4v) is 3.77. The molecule has 0 saturated carbocycles. The summed E-state index contributed by atoms with van der Waals surface area (Å²) in [7, 11) is 0. The summed E-state index contributed by atoms with van der Waals surface area (Å²) in [5.74, 6) is -0.384. The van der Waals surface area contributed by atoms with Crippen molar-refractivity contribution < 1.29 is 4.79 Å². The number of nitrogens with zero attached hydrogens (tertiary/aromatic N) is 5. The highest BCUT2D eigenvalue weighted by Gasteiger charge is 2.18. The molecule has 0 fully saturated rings. The van der Waals surface area contributed by atoms with Gasteiger partial charge >= 0.3 is 0 Å². The van der Waals surface area contributed by atoms with Crippen LogP contribution in [0.4, 0.5) is 0 Å². The summed E-state index contributed by atoms with van der Waals surface area (Å²) in [6.07, 6.45) is 3.28. The molecule has 0 radical (unpaired) electrons. The van der Waals surface area contributed by atoms with E-state index < -0.39 is 6.04 Å². The van der Waals surface area contributed by atoms with Crippen molar-refractivity contribution in [1.82, 2.24) is 29.9 Å². The van der Waals surface area contributed by atoms with E-state index in [2.05, 4.69) is 20.5 Å². The Morgan fingerprint density at radius 2 is 1.84 bits per heavy atom. The van der Waals surface area contributed by atoms with Gasteiger partial charge in [-0.1, -0.05) is 6.07 Å². The monoisotopic (exact) mass is 448 g/mol. The predicted molar refractivity (Wildman–Crippen MR) is 121 cm³/mol. The number of carbonyl (C=O) groups excluding carboxylic acids is 1. The van der Waals surface area contributed by atoms with Crippen LogP contribution in [0.1, 0.15) is 13.0 Å². The van der Waals surface area contributed by atoms with Crippen LogP contribution >= 0.6 is 11.3 Å². The smallest absolute Gasteiger partial charge is 0.267 e. The molecule has 0 saturated heterocycles. The van der Waals surface area contributed by atoms with Gasteiger partial charge in [0, 0.05) is 36.6 Å². The minimum Gasteiger partial charge on any atom is -0.352 e. The summed E-state index contributed by atoms with van der Waals surface area (Å²) >= 11 is 1.53. The molecule has 1 atom stereocenters. The number of amides is 1. The molecule has 4 aromatic rings. The maximum atomic E-state index is 12.6. The van der Waals surface area contributed by atoms with Crippen LogP contribution in [-0.2, 0) is 11.3 Å². The van der Waals surface area contributed by atoms with Crippen molar-refractivity contribution in [3.63, 3.8) is 0 Å². The number of aromatic nitrogens is 5. The first-order chi connectivity index (χ1) is 15.5. The minimum absolute atomic E-state index is 0.182. The second kappa shape index (κ2) is 9.48. The average molecular weight is 449 g/mol. The molecule has 0 aromatic carbocycles. The van der Waals surface area contributed by atoms with Crippen molar-refractivity contribution in [3.05, 3.63) is 87.0 Å². The maximum Gasteiger partial charge on any atom is 0.267 e. The molecule has 1 amide bonds. The lowest BCUT2D eigenvalue weighted by atomic mass is 10.2. The van der Waals surface area contributed by atoms with Crippen molar-refractivity contribution in [1.29, 1.82) is 0 Å². The third kappa shape index (κ3) is 4.70. The summed E-state index contributed by atoms with van der Waals surface area (Å²) < 4.78 is 2.45. The Labute approximate surface area is 187 Å². The van der Waals surface area contributed by atoms with Crippen molar-refractivity contribution in [2.24, 2.45) is 0 Å². The maximum absolute atomic E-state index is 12.6. The normalized spacial score (nSPS) is 11.8. The zero-order valence-corrected chi connectivity index (χ0v) is 18.0. The Balaban J connectivity index is 1.44. The van der Waals surface area contributed by atoms with Crippen LogP contribution in [0.3, 0.4) is 0 Å². The summed E-state index contributed by atoms with van der Waals surface area (Å²) in [4.78, 5) is 42.1. The van der Waals surface area contributed by atoms with Gasteiger partial charge in [0.05, 0.1) is 17.1 Å². The van der Waals surface area contributed by atoms with Crippen LogP contribution < -0.4 is 16.4 Å². The molecule has 9 nitrogen and oxygen atoms in total. The SMILES string of the molecule is CC(C(=O)NCCn1nc(-c2cccs2)ccc1=O)n1nc(-c2cccnc2)ccc1=O. The third-order valence-corrected chi connectivity index (χ3v) is 5.68. The Kier molecular flexibility index (Phi) is 6.31. The average Bonchev–Trinajstić information content (AvgIpc) is 3.36. The predicted octanol–water partition coefficient (Wildman–Crippen LogP) is 1.97. The van der Waals surface area contributed by atoms with Gasteiger partial charge in [-0.3, -0.25) is 19.4 Å². The molecule has 4 aromatic heterocycles. The molecule has 0 aliphatic carbocycles. The molecule has 0 aliphatic rings. The molecule has 1 N–H and O–H groups in total. The topological polar surface area (TPSA) is 112 Å². The summed E-state index contributed by atoms with van der Waals surface area (Å²) in [5, 5.41) is 13.4. The lowest BCUT2D eigenvalue weighted by Crippen LogP contribution is -2.39. The van der Waals surface area contributed by atoms with Gasteiger partial charge in [0.25, 0.3) is 11.1 Å². The molecule has 10 heteroatoms. The van der Waals surface area contributed by atoms with E-state index in [9.17, 15) is 14.4 Å². The van der Waals surface area contributed by atoms with E-state index in [1.807, 2.05) is 23.6 Å². The van der Waals surface area contributed by atoms with Gasteiger partial charge < -0.3 is 5.32 Å². The van der Waals surface area contributed by atoms with Crippen molar-refractivity contribution in [3.8, 4) is 21.8 Å². The molecule has 4 heterocycles. The van der Waals surface area contributed by atoms with Crippen molar-refractivity contribution in [2.45, 2.75) is 19.5 Å². The number of pyridine rings is 1. The lowest BCUT2D eigenvalue weighted by molar-refractivity contribution is -0.124.